The van der Waals surface area contributed by atoms with Crippen LogP contribution in [0.1, 0.15) is 15.9 Å². The van der Waals surface area contributed by atoms with Crippen molar-refractivity contribution in [2.75, 3.05) is 5.32 Å². The molecule has 0 unspecified atom stereocenters. The van der Waals surface area contributed by atoms with Gasteiger partial charge in [-0.25, -0.2) is 0 Å². The van der Waals surface area contributed by atoms with Crippen LogP contribution in [-0.2, 0) is 6.61 Å². The van der Waals surface area contributed by atoms with E-state index in [0.29, 0.717) is 23.6 Å². The minimum Gasteiger partial charge on any atom is -0.489 e. The summed E-state index contributed by atoms with van der Waals surface area (Å²) in [6, 6.07) is 22.3. The zero-order valence-corrected chi connectivity index (χ0v) is 13.8. The van der Waals surface area contributed by atoms with Gasteiger partial charge in [0.1, 0.15) is 12.4 Å². The number of hydrogen-bond acceptors (Lipinski definition) is 4. The predicted molar refractivity (Wildman–Crippen MR) is 98.3 cm³/mol. The van der Waals surface area contributed by atoms with Crippen molar-refractivity contribution in [3.05, 3.63) is 100 Å². The second-order valence-corrected chi connectivity index (χ2v) is 5.56. The van der Waals surface area contributed by atoms with Crippen LogP contribution in [-0.4, -0.2) is 10.8 Å². The minimum atomic E-state index is -0.486. The molecule has 1 amide bonds. The molecule has 0 heterocycles. The first-order valence-electron chi connectivity index (χ1n) is 7.94. The molecule has 0 fully saturated rings. The van der Waals surface area contributed by atoms with Crippen molar-refractivity contribution >= 4 is 17.3 Å². The van der Waals surface area contributed by atoms with Gasteiger partial charge in [-0.05, 0) is 42.0 Å². The lowest BCUT2D eigenvalue weighted by Gasteiger charge is -2.08. The molecule has 0 radical (unpaired) electrons. The number of hydrogen-bond donors (Lipinski definition) is 1. The normalized spacial score (nSPS) is 10.2. The highest BCUT2D eigenvalue weighted by molar-refractivity contribution is 6.04. The van der Waals surface area contributed by atoms with Crippen molar-refractivity contribution < 1.29 is 14.5 Å². The van der Waals surface area contributed by atoms with Gasteiger partial charge in [0.25, 0.3) is 11.6 Å². The van der Waals surface area contributed by atoms with Gasteiger partial charge in [-0.15, -0.1) is 0 Å². The number of nitrogens with one attached hydrogen (secondary N) is 1. The highest BCUT2D eigenvalue weighted by Crippen LogP contribution is 2.18. The molecule has 0 aliphatic rings. The van der Waals surface area contributed by atoms with Crippen LogP contribution < -0.4 is 10.1 Å². The van der Waals surface area contributed by atoms with E-state index in [4.69, 9.17) is 4.74 Å². The summed E-state index contributed by atoms with van der Waals surface area (Å²) in [5.41, 5.74) is 2.00. The number of nitro groups is 1. The lowest BCUT2D eigenvalue weighted by Crippen LogP contribution is -2.11. The van der Waals surface area contributed by atoms with E-state index in [2.05, 4.69) is 5.32 Å². The number of carbonyl (C=O) groups is 1. The molecule has 1 N–H and O–H groups in total. The van der Waals surface area contributed by atoms with E-state index in [1.807, 2.05) is 30.3 Å². The van der Waals surface area contributed by atoms with Gasteiger partial charge in [-0.3, -0.25) is 14.9 Å². The maximum atomic E-state index is 12.2. The fourth-order valence-corrected chi connectivity index (χ4v) is 2.31. The summed E-state index contributed by atoms with van der Waals surface area (Å²) < 4.78 is 5.69. The number of anilines is 1. The molecule has 0 atom stereocenters. The molecule has 3 rings (SSSR count). The van der Waals surface area contributed by atoms with Crippen molar-refractivity contribution in [1.29, 1.82) is 0 Å². The third-order valence-corrected chi connectivity index (χ3v) is 3.70. The number of rotatable bonds is 6. The number of carbonyl (C=O) groups excluding carboxylic acids is 1. The van der Waals surface area contributed by atoms with E-state index < -0.39 is 4.92 Å². The third kappa shape index (κ3) is 4.45. The monoisotopic (exact) mass is 348 g/mol. The standard InChI is InChI=1S/C20H16N2O4/c23-20(21-17-8-10-18(11-9-17)22(24)25)16-6-12-19(13-7-16)26-14-15-4-2-1-3-5-15/h1-13H,14H2,(H,21,23). The summed E-state index contributed by atoms with van der Waals surface area (Å²) in [7, 11) is 0. The van der Waals surface area contributed by atoms with Gasteiger partial charge in [0, 0.05) is 23.4 Å². The number of amides is 1. The zero-order chi connectivity index (χ0) is 18.4. The maximum Gasteiger partial charge on any atom is 0.269 e. The molecule has 0 saturated carbocycles. The quantitative estimate of drug-likeness (QED) is 0.528. The van der Waals surface area contributed by atoms with E-state index >= 15 is 0 Å². The summed E-state index contributed by atoms with van der Waals surface area (Å²) in [6.45, 7) is 0.454. The first-order valence-corrected chi connectivity index (χ1v) is 7.94. The van der Waals surface area contributed by atoms with Crippen LogP contribution in [0.25, 0.3) is 0 Å². The highest BCUT2D eigenvalue weighted by Gasteiger charge is 2.08. The van der Waals surface area contributed by atoms with Crippen LogP contribution in [0, 0.1) is 10.1 Å². The molecule has 6 nitrogen and oxygen atoms in total. The van der Waals surface area contributed by atoms with Gasteiger partial charge in [0.2, 0.25) is 0 Å². The fraction of sp³-hybridized carbons (Fsp3) is 0.0500. The van der Waals surface area contributed by atoms with Gasteiger partial charge in [0.05, 0.1) is 4.92 Å². The van der Waals surface area contributed by atoms with E-state index in [0.717, 1.165) is 5.56 Å². The number of ether oxygens (including phenoxy) is 1. The van der Waals surface area contributed by atoms with Crippen molar-refractivity contribution in [1.82, 2.24) is 0 Å². The molecule has 0 aliphatic carbocycles. The van der Waals surface area contributed by atoms with Crippen LogP contribution in [0.5, 0.6) is 5.75 Å². The van der Waals surface area contributed by atoms with Gasteiger partial charge in [-0.2, -0.15) is 0 Å². The maximum absolute atomic E-state index is 12.2. The zero-order valence-electron chi connectivity index (χ0n) is 13.8. The van der Waals surface area contributed by atoms with Crippen molar-refractivity contribution in [3.8, 4) is 5.75 Å². The molecule has 0 bridgehead atoms. The summed E-state index contributed by atoms with van der Waals surface area (Å²) in [5.74, 6) is 0.370. The van der Waals surface area contributed by atoms with Crippen LogP contribution in [0.2, 0.25) is 0 Å². The molecular weight excluding hydrogens is 332 g/mol. The summed E-state index contributed by atoms with van der Waals surface area (Å²) in [4.78, 5) is 22.4. The van der Waals surface area contributed by atoms with E-state index in [9.17, 15) is 14.9 Å². The van der Waals surface area contributed by atoms with Gasteiger partial charge >= 0.3 is 0 Å². The van der Waals surface area contributed by atoms with Crippen LogP contribution >= 0.6 is 0 Å². The second kappa shape index (κ2) is 7.94. The number of nitro benzene ring substituents is 1. The third-order valence-electron chi connectivity index (χ3n) is 3.70. The molecule has 0 aliphatic heterocycles. The van der Waals surface area contributed by atoms with Gasteiger partial charge in [0.15, 0.2) is 0 Å². The van der Waals surface area contributed by atoms with Crippen LogP contribution in [0.3, 0.4) is 0 Å². The molecule has 130 valence electrons. The molecule has 6 heteroatoms. The molecule has 0 saturated heterocycles. The van der Waals surface area contributed by atoms with Crippen molar-refractivity contribution in [2.24, 2.45) is 0 Å². The Balaban J connectivity index is 1.58. The van der Waals surface area contributed by atoms with Gasteiger partial charge in [-0.1, -0.05) is 30.3 Å². The Morgan fingerprint density at radius 3 is 2.19 bits per heavy atom. The SMILES string of the molecule is O=C(Nc1ccc([N+](=O)[O-])cc1)c1ccc(OCc2ccccc2)cc1. The number of nitrogens with zero attached hydrogens (tertiary/aromatic N) is 1. The predicted octanol–water partition coefficient (Wildman–Crippen LogP) is 4.43. The van der Waals surface area contributed by atoms with Crippen LogP contribution in [0.15, 0.2) is 78.9 Å². The molecule has 3 aromatic carbocycles. The fourth-order valence-electron chi connectivity index (χ4n) is 2.31. The van der Waals surface area contributed by atoms with E-state index in [-0.39, 0.29) is 11.6 Å². The topological polar surface area (TPSA) is 81.5 Å². The lowest BCUT2D eigenvalue weighted by molar-refractivity contribution is -0.384. The molecule has 0 spiro atoms. The Kier molecular flexibility index (Phi) is 5.24. The number of benzene rings is 3. The molecule has 0 aromatic heterocycles. The van der Waals surface area contributed by atoms with Crippen LogP contribution in [0.4, 0.5) is 11.4 Å². The van der Waals surface area contributed by atoms with Crippen molar-refractivity contribution in [3.63, 3.8) is 0 Å². The second-order valence-electron chi connectivity index (χ2n) is 5.56. The Hall–Kier alpha value is -3.67. The first-order chi connectivity index (χ1) is 12.6. The molecular formula is C20H16N2O4. The first kappa shape index (κ1) is 17.2. The largest absolute Gasteiger partial charge is 0.489 e. The average Bonchev–Trinajstić information content (AvgIpc) is 2.68. The Labute approximate surface area is 150 Å². The summed E-state index contributed by atoms with van der Waals surface area (Å²) >= 11 is 0. The smallest absolute Gasteiger partial charge is 0.269 e. The summed E-state index contributed by atoms with van der Waals surface area (Å²) in [5, 5.41) is 13.3. The summed E-state index contributed by atoms with van der Waals surface area (Å²) in [6.07, 6.45) is 0. The molecule has 3 aromatic rings. The minimum absolute atomic E-state index is 0.0251. The van der Waals surface area contributed by atoms with E-state index in [1.54, 1.807) is 24.3 Å². The Morgan fingerprint density at radius 1 is 0.923 bits per heavy atom. The lowest BCUT2D eigenvalue weighted by atomic mass is 10.2. The highest BCUT2D eigenvalue weighted by atomic mass is 16.6. The Bertz CT molecular complexity index is 891. The number of non-ortho nitro benzene ring substituents is 1. The van der Waals surface area contributed by atoms with Gasteiger partial charge < -0.3 is 10.1 Å². The average molecular weight is 348 g/mol. The molecule has 26 heavy (non-hydrogen) atoms. The van der Waals surface area contributed by atoms with E-state index in [1.165, 1.54) is 24.3 Å². The van der Waals surface area contributed by atoms with Crippen molar-refractivity contribution in [2.45, 2.75) is 6.61 Å². The Morgan fingerprint density at radius 2 is 1.58 bits per heavy atom.